The predicted molar refractivity (Wildman–Crippen MR) is 74.2 cm³/mol. The predicted octanol–water partition coefficient (Wildman–Crippen LogP) is 2.44. The topological polar surface area (TPSA) is 57.4 Å². The van der Waals surface area contributed by atoms with Gasteiger partial charge in [0.2, 0.25) is 0 Å². The highest BCUT2D eigenvalue weighted by atomic mass is 16.5. The first-order valence-electron chi connectivity index (χ1n) is 6.15. The van der Waals surface area contributed by atoms with Crippen LogP contribution in [0.2, 0.25) is 0 Å². The quantitative estimate of drug-likeness (QED) is 0.895. The summed E-state index contributed by atoms with van der Waals surface area (Å²) in [5.74, 6) is 1.38. The molecule has 0 aliphatic carbocycles. The lowest BCUT2D eigenvalue weighted by atomic mass is 10.2. The third kappa shape index (κ3) is 3.03. The van der Waals surface area contributed by atoms with Gasteiger partial charge in [0.15, 0.2) is 11.5 Å². The van der Waals surface area contributed by atoms with Crippen molar-refractivity contribution in [3.63, 3.8) is 0 Å². The molecule has 4 heteroatoms. The van der Waals surface area contributed by atoms with Crippen LogP contribution in [0.25, 0.3) is 0 Å². The number of aromatic nitrogens is 1. The van der Waals surface area contributed by atoms with Crippen LogP contribution in [0.1, 0.15) is 16.8 Å². The van der Waals surface area contributed by atoms with Crippen molar-refractivity contribution in [1.29, 1.82) is 0 Å². The largest absolute Gasteiger partial charge is 0.493 e. The van der Waals surface area contributed by atoms with Gasteiger partial charge in [-0.05, 0) is 24.6 Å². The molecular weight excluding hydrogens is 240 g/mol. The molecule has 0 saturated heterocycles. The zero-order valence-corrected chi connectivity index (χ0v) is 11.2. The Morgan fingerprint density at radius 1 is 1.21 bits per heavy atom. The lowest BCUT2D eigenvalue weighted by Gasteiger charge is -2.14. The number of benzene rings is 1. The van der Waals surface area contributed by atoms with Gasteiger partial charge >= 0.3 is 0 Å². The SMILES string of the molecule is COc1cccc(CN)c1OCc1ncccc1C. The minimum atomic E-state index is 0.403. The highest BCUT2D eigenvalue weighted by Crippen LogP contribution is 2.31. The van der Waals surface area contributed by atoms with Crippen LogP contribution in [-0.4, -0.2) is 12.1 Å². The summed E-state index contributed by atoms with van der Waals surface area (Å²) >= 11 is 0. The number of hydrogen-bond acceptors (Lipinski definition) is 4. The van der Waals surface area contributed by atoms with Gasteiger partial charge in [-0.1, -0.05) is 18.2 Å². The number of pyridine rings is 1. The molecule has 0 radical (unpaired) electrons. The second kappa shape index (κ2) is 6.20. The van der Waals surface area contributed by atoms with E-state index in [2.05, 4.69) is 4.98 Å². The van der Waals surface area contributed by atoms with Crippen LogP contribution in [0.3, 0.4) is 0 Å². The first-order valence-corrected chi connectivity index (χ1v) is 6.15. The average Bonchev–Trinajstić information content (AvgIpc) is 2.46. The van der Waals surface area contributed by atoms with Crippen molar-refractivity contribution in [1.82, 2.24) is 4.98 Å². The molecule has 0 amide bonds. The molecule has 1 aromatic carbocycles. The van der Waals surface area contributed by atoms with E-state index < -0.39 is 0 Å². The van der Waals surface area contributed by atoms with Crippen molar-refractivity contribution in [2.45, 2.75) is 20.1 Å². The number of para-hydroxylation sites is 1. The summed E-state index contributed by atoms with van der Waals surface area (Å²) in [6, 6.07) is 9.62. The first-order chi connectivity index (χ1) is 9.26. The lowest BCUT2D eigenvalue weighted by Crippen LogP contribution is -2.06. The van der Waals surface area contributed by atoms with Crippen LogP contribution >= 0.6 is 0 Å². The maximum atomic E-state index is 5.85. The van der Waals surface area contributed by atoms with Crippen molar-refractivity contribution in [3.8, 4) is 11.5 Å². The maximum Gasteiger partial charge on any atom is 0.166 e. The van der Waals surface area contributed by atoms with E-state index in [0.29, 0.717) is 24.7 Å². The molecule has 0 fully saturated rings. The average molecular weight is 258 g/mol. The number of methoxy groups -OCH3 is 1. The van der Waals surface area contributed by atoms with E-state index in [9.17, 15) is 0 Å². The molecule has 2 N–H and O–H groups in total. The molecule has 0 bridgehead atoms. The van der Waals surface area contributed by atoms with Crippen LogP contribution in [0.15, 0.2) is 36.5 Å². The third-order valence-corrected chi connectivity index (χ3v) is 2.97. The van der Waals surface area contributed by atoms with E-state index in [1.165, 1.54) is 0 Å². The lowest BCUT2D eigenvalue weighted by molar-refractivity contribution is 0.277. The molecule has 0 unspecified atom stereocenters. The van der Waals surface area contributed by atoms with Crippen molar-refractivity contribution in [3.05, 3.63) is 53.3 Å². The second-order valence-corrected chi connectivity index (χ2v) is 4.21. The molecular formula is C15H18N2O2. The number of aryl methyl sites for hydroxylation is 1. The number of hydrogen-bond donors (Lipinski definition) is 1. The van der Waals surface area contributed by atoms with E-state index in [1.807, 2.05) is 37.3 Å². The fourth-order valence-corrected chi connectivity index (χ4v) is 1.86. The van der Waals surface area contributed by atoms with E-state index in [0.717, 1.165) is 16.8 Å². The van der Waals surface area contributed by atoms with Crippen LogP contribution in [0.4, 0.5) is 0 Å². The number of nitrogens with zero attached hydrogens (tertiary/aromatic N) is 1. The van der Waals surface area contributed by atoms with Gasteiger partial charge in [-0.25, -0.2) is 0 Å². The Morgan fingerprint density at radius 2 is 2.05 bits per heavy atom. The monoisotopic (exact) mass is 258 g/mol. The Bertz CT molecular complexity index is 533. The minimum absolute atomic E-state index is 0.403. The van der Waals surface area contributed by atoms with Crippen LogP contribution in [-0.2, 0) is 13.2 Å². The standard InChI is InChI=1S/C15H18N2O2/c1-11-5-4-8-17-13(11)10-19-15-12(9-16)6-3-7-14(15)18-2/h3-8H,9-10,16H2,1-2H3. The van der Waals surface area contributed by atoms with Crippen LogP contribution in [0, 0.1) is 6.92 Å². The molecule has 0 aliphatic rings. The summed E-state index contributed by atoms with van der Waals surface area (Å²) < 4.78 is 11.2. The van der Waals surface area contributed by atoms with Crippen LogP contribution < -0.4 is 15.2 Å². The molecule has 0 saturated carbocycles. The number of rotatable bonds is 5. The zero-order chi connectivity index (χ0) is 13.7. The zero-order valence-electron chi connectivity index (χ0n) is 11.2. The smallest absolute Gasteiger partial charge is 0.166 e. The summed E-state index contributed by atoms with van der Waals surface area (Å²) in [5, 5.41) is 0. The maximum absolute atomic E-state index is 5.85. The van der Waals surface area contributed by atoms with Crippen molar-refractivity contribution >= 4 is 0 Å². The minimum Gasteiger partial charge on any atom is -0.493 e. The van der Waals surface area contributed by atoms with Gasteiger partial charge in [0.1, 0.15) is 6.61 Å². The molecule has 19 heavy (non-hydrogen) atoms. The summed E-state index contributed by atoms with van der Waals surface area (Å²) in [6.07, 6.45) is 1.76. The fraction of sp³-hybridized carbons (Fsp3) is 0.267. The molecule has 0 atom stereocenters. The first kappa shape index (κ1) is 13.4. The Hall–Kier alpha value is -2.07. The van der Waals surface area contributed by atoms with Gasteiger partial charge in [0, 0.05) is 18.3 Å². The Labute approximate surface area is 113 Å². The van der Waals surface area contributed by atoms with Gasteiger partial charge in [0.25, 0.3) is 0 Å². The second-order valence-electron chi connectivity index (χ2n) is 4.21. The van der Waals surface area contributed by atoms with Crippen LogP contribution in [0.5, 0.6) is 11.5 Å². The summed E-state index contributed by atoms with van der Waals surface area (Å²) in [5.41, 5.74) is 8.66. The molecule has 1 aromatic heterocycles. The van der Waals surface area contributed by atoms with E-state index in [4.69, 9.17) is 15.2 Å². The van der Waals surface area contributed by atoms with Gasteiger partial charge in [-0.15, -0.1) is 0 Å². The van der Waals surface area contributed by atoms with Crippen molar-refractivity contribution in [2.75, 3.05) is 7.11 Å². The van der Waals surface area contributed by atoms with E-state index in [1.54, 1.807) is 13.3 Å². The summed E-state index contributed by atoms with van der Waals surface area (Å²) in [6.45, 7) is 2.82. The molecule has 4 nitrogen and oxygen atoms in total. The Morgan fingerprint density at radius 3 is 2.74 bits per heavy atom. The highest BCUT2D eigenvalue weighted by molar-refractivity contribution is 5.46. The molecule has 100 valence electrons. The number of ether oxygens (including phenoxy) is 2. The summed E-state index contributed by atoms with van der Waals surface area (Å²) in [4.78, 5) is 4.31. The third-order valence-electron chi connectivity index (χ3n) is 2.97. The van der Waals surface area contributed by atoms with Gasteiger partial charge in [0.05, 0.1) is 12.8 Å². The Balaban J connectivity index is 2.21. The molecule has 2 aromatic rings. The highest BCUT2D eigenvalue weighted by Gasteiger charge is 2.10. The van der Waals surface area contributed by atoms with E-state index >= 15 is 0 Å². The normalized spacial score (nSPS) is 10.3. The van der Waals surface area contributed by atoms with E-state index in [-0.39, 0.29) is 0 Å². The summed E-state index contributed by atoms with van der Waals surface area (Å²) in [7, 11) is 1.62. The molecule has 0 aliphatic heterocycles. The van der Waals surface area contributed by atoms with Gasteiger partial charge in [-0.2, -0.15) is 0 Å². The van der Waals surface area contributed by atoms with Crippen molar-refractivity contribution < 1.29 is 9.47 Å². The van der Waals surface area contributed by atoms with Gasteiger partial charge < -0.3 is 15.2 Å². The molecule has 0 spiro atoms. The van der Waals surface area contributed by atoms with Gasteiger partial charge in [-0.3, -0.25) is 4.98 Å². The molecule has 2 rings (SSSR count). The Kier molecular flexibility index (Phi) is 4.36. The molecule has 1 heterocycles. The van der Waals surface area contributed by atoms with Crippen molar-refractivity contribution in [2.24, 2.45) is 5.73 Å². The number of nitrogens with two attached hydrogens (primary N) is 1. The fourth-order valence-electron chi connectivity index (χ4n) is 1.86.